The Labute approximate surface area is 89.4 Å². The molecule has 0 aromatic rings. The predicted molar refractivity (Wildman–Crippen MR) is 39.0 cm³/mol. The molecule has 60 valence electrons. The third-order valence-electron chi connectivity index (χ3n) is 0.548. The molecule has 0 aliphatic carbocycles. The second kappa shape index (κ2) is 12.8. The van der Waals surface area contributed by atoms with Crippen molar-refractivity contribution in [3.63, 3.8) is 0 Å². The number of rotatable bonds is 2. The van der Waals surface area contributed by atoms with Gasteiger partial charge >= 0.3 is 35.5 Å². The van der Waals surface area contributed by atoms with Crippen LogP contribution >= 0.6 is 0 Å². The Morgan fingerprint density at radius 1 is 1.64 bits per heavy atom. The first-order valence-corrected chi connectivity index (χ1v) is 2.90. The van der Waals surface area contributed by atoms with Gasteiger partial charge in [-0.3, -0.25) is 0 Å². The molecule has 0 aromatic carbocycles. The van der Waals surface area contributed by atoms with Crippen LogP contribution in [0.15, 0.2) is 12.2 Å². The normalized spacial score (nSPS) is 6.82. The zero-order valence-corrected chi connectivity index (χ0v) is 9.29. The van der Waals surface area contributed by atoms with E-state index < -0.39 is 5.97 Å². The van der Waals surface area contributed by atoms with Crippen molar-refractivity contribution in [2.75, 3.05) is 0 Å². The van der Waals surface area contributed by atoms with Gasteiger partial charge in [-0.1, -0.05) is 13.5 Å². The molecule has 0 aliphatic heterocycles. The number of aliphatic carboxylic acids is 1. The van der Waals surface area contributed by atoms with Gasteiger partial charge in [0.2, 0.25) is 0 Å². The molecule has 3 nitrogen and oxygen atoms in total. The standard InChI is InChI=1S/C4H6O2.C3H7O.Na/c1-3(2)4(5)6;1-2-3-4;/h1H2,2H3,(H,5,6);3-4H,2H2,1H3;/q;-1;+1. The van der Waals surface area contributed by atoms with E-state index in [2.05, 4.69) is 6.58 Å². The maximum Gasteiger partial charge on any atom is 1.00 e. The number of carbonyl (C=O) groups is 1. The molecular weight excluding hydrogens is 155 g/mol. The van der Waals surface area contributed by atoms with E-state index in [0.29, 0.717) is 0 Å². The van der Waals surface area contributed by atoms with Crippen molar-refractivity contribution in [1.29, 1.82) is 0 Å². The van der Waals surface area contributed by atoms with Crippen LogP contribution in [0.2, 0.25) is 0 Å². The summed E-state index contributed by atoms with van der Waals surface area (Å²) in [7, 11) is 0. The first-order valence-electron chi connectivity index (χ1n) is 2.90. The van der Waals surface area contributed by atoms with Crippen LogP contribution in [0.25, 0.3) is 0 Å². The molecule has 0 amide bonds. The largest absolute Gasteiger partial charge is 1.00 e. The quantitative estimate of drug-likeness (QED) is 0.302. The first-order chi connectivity index (χ1) is 4.56. The molecular formula is C7H13NaO3. The van der Waals surface area contributed by atoms with Crippen molar-refractivity contribution in [2.24, 2.45) is 0 Å². The zero-order valence-electron chi connectivity index (χ0n) is 7.29. The molecule has 0 rings (SSSR count). The van der Waals surface area contributed by atoms with Crippen LogP contribution in [0, 0.1) is 6.61 Å². The SMILES string of the molecule is C=C(C)C(=O)O.CC[CH-]O.[Na+]. The van der Waals surface area contributed by atoms with Crippen molar-refractivity contribution in [3.8, 4) is 0 Å². The summed E-state index contributed by atoms with van der Waals surface area (Å²) in [6, 6.07) is 0. The third-order valence-corrected chi connectivity index (χ3v) is 0.548. The van der Waals surface area contributed by atoms with Crippen LogP contribution in [0.4, 0.5) is 0 Å². The molecule has 0 unspecified atom stereocenters. The average Bonchev–Trinajstić information content (AvgIpc) is 1.89. The van der Waals surface area contributed by atoms with Gasteiger partial charge in [-0.2, -0.15) is 6.42 Å². The minimum atomic E-state index is -0.935. The van der Waals surface area contributed by atoms with E-state index in [9.17, 15) is 4.79 Å². The van der Waals surface area contributed by atoms with Gasteiger partial charge in [-0.15, -0.1) is 0 Å². The van der Waals surface area contributed by atoms with E-state index in [-0.39, 0.29) is 35.1 Å². The number of hydrogen-bond acceptors (Lipinski definition) is 2. The molecule has 0 spiro atoms. The van der Waals surface area contributed by atoms with Crippen LogP contribution in [-0.4, -0.2) is 16.2 Å². The third kappa shape index (κ3) is 25.4. The van der Waals surface area contributed by atoms with E-state index in [0.717, 1.165) is 13.0 Å². The second-order valence-electron chi connectivity index (χ2n) is 1.68. The fourth-order valence-corrected chi connectivity index (χ4v) is 0. The summed E-state index contributed by atoms with van der Waals surface area (Å²) in [4.78, 5) is 9.60. The van der Waals surface area contributed by atoms with Gasteiger partial charge in [-0.05, 0) is 6.92 Å². The first kappa shape index (κ1) is 17.3. The zero-order chi connectivity index (χ0) is 8.57. The van der Waals surface area contributed by atoms with Crippen LogP contribution in [0.3, 0.4) is 0 Å². The van der Waals surface area contributed by atoms with E-state index in [1.807, 2.05) is 6.92 Å². The topological polar surface area (TPSA) is 57.5 Å². The molecule has 0 radical (unpaired) electrons. The van der Waals surface area contributed by atoms with Gasteiger partial charge < -0.3 is 10.2 Å². The average molecular weight is 168 g/mol. The fourth-order valence-electron chi connectivity index (χ4n) is 0. The number of carboxylic acids is 1. The predicted octanol–water partition coefficient (Wildman–Crippen LogP) is -1.42. The Hall–Kier alpha value is 0.170. The fraction of sp³-hybridized carbons (Fsp3) is 0.429. The molecule has 0 aliphatic rings. The van der Waals surface area contributed by atoms with Crippen molar-refractivity contribution >= 4 is 5.97 Å². The van der Waals surface area contributed by atoms with E-state index in [4.69, 9.17) is 10.2 Å². The molecule has 2 N–H and O–H groups in total. The molecule has 0 atom stereocenters. The van der Waals surface area contributed by atoms with Gasteiger partial charge in [0.15, 0.2) is 0 Å². The molecule has 0 aromatic heterocycles. The monoisotopic (exact) mass is 168 g/mol. The second-order valence-corrected chi connectivity index (χ2v) is 1.68. The van der Waals surface area contributed by atoms with E-state index in [1.165, 1.54) is 6.92 Å². The van der Waals surface area contributed by atoms with E-state index in [1.54, 1.807) is 0 Å². The van der Waals surface area contributed by atoms with Crippen molar-refractivity contribution in [3.05, 3.63) is 18.8 Å². The summed E-state index contributed by atoms with van der Waals surface area (Å²) in [5.41, 5.74) is 0.176. The van der Waals surface area contributed by atoms with Crippen molar-refractivity contribution in [2.45, 2.75) is 20.3 Å². The van der Waals surface area contributed by atoms with E-state index >= 15 is 0 Å². The summed E-state index contributed by atoms with van der Waals surface area (Å²) in [6.45, 7) is 7.60. The molecule has 11 heavy (non-hydrogen) atoms. The number of aliphatic hydroxyl groups excluding tert-OH is 1. The van der Waals surface area contributed by atoms with Crippen molar-refractivity contribution < 1.29 is 44.6 Å². The maximum atomic E-state index is 9.60. The minimum absolute atomic E-state index is 0. The number of hydrogen-bond donors (Lipinski definition) is 2. The maximum absolute atomic E-state index is 9.60. The molecule has 0 saturated heterocycles. The summed E-state index contributed by atoms with van der Waals surface area (Å²) < 4.78 is 0. The Kier molecular flexibility index (Phi) is 20.2. The van der Waals surface area contributed by atoms with Gasteiger partial charge in [-0.25, -0.2) is 11.4 Å². The summed E-state index contributed by atoms with van der Waals surface area (Å²) in [6.07, 6.45) is 0.750. The van der Waals surface area contributed by atoms with Gasteiger partial charge in [0, 0.05) is 5.57 Å². The Morgan fingerprint density at radius 2 is 1.82 bits per heavy atom. The molecule has 4 heteroatoms. The Balaban J connectivity index is -0.000000114. The summed E-state index contributed by atoms with van der Waals surface area (Å²) >= 11 is 0. The number of carboxylic acid groups (broad SMARTS) is 1. The number of aliphatic hydroxyl groups is 1. The van der Waals surface area contributed by atoms with Gasteiger partial charge in [0.05, 0.1) is 0 Å². The van der Waals surface area contributed by atoms with Crippen LogP contribution < -0.4 is 29.6 Å². The molecule has 0 bridgehead atoms. The summed E-state index contributed by atoms with van der Waals surface area (Å²) in [5.74, 6) is -0.935. The van der Waals surface area contributed by atoms with Crippen molar-refractivity contribution in [1.82, 2.24) is 0 Å². The van der Waals surface area contributed by atoms with Gasteiger partial charge in [0.1, 0.15) is 0 Å². The Bertz CT molecular complexity index is 98.3. The van der Waals surface area contributed by atoms with Crippen LogP contribution in [-0.2, 0) is 4.79 Å². The van der Waals surface area contributed by atoms with Gasteiger partial charge in [0.25, 0.3) is 0 Å². The van der Waals surface area contributed by atoms with Crippen LogP contribution in [0.5, 0.6) is 0 Å². The minimum Gasteiger partial charge on any atom is -0.566 e. The molecule has 0 fully saturated rings. The molecule has 0 saturated carbocycles. The Morgan fingerprint density at radius 3 is 1.82 bits per heavy atom. The smallest absolute Gasteiger partial charge is 0.566 e. The molecule has 0 heterocycles. The summed E-state index contributed by atoms with van der Waals surface area (Å²) in [5, 5.41) is 15.6. The van der Waals surface area contributed by atoms with Crippen LogP contribution in [0.1, 0.15) is 20.3 Å².